The van der Waals surface area contributed by atoms with Gasteiger partial charge in [-0.15, -0.1) is 0 Å². The van der Waals surface area contributed by atoms with E-state index in [1.54, 1.807) is 80.6 Å². The van der Waals surface area contributed by atoms with Crippen molar-refractivity contribution in [3.8, 4) is 23.3 Å². The molecule has 0 spiro atoms. The number of pyridine rings is 1. The van der Waals surface area contributed by atoms with Gasteiger partial charge in [0.25, 0.3) is 0 Å². The van der Waals surface area contributed by atoms with Crippen molar-refractivity contribution in [3.05, 3.63) is 79.0 Å². The normalized spacial score (nSPS) is 10.2. The highest BCUT2D eigenvalue weighted by atomic mass is 16.5. The number of rotatable bonds is 8. The van der Waals surface area contributed by atoms with Gasteiger partial charge in [0.1, 0.15) is 29.9 Å². The average Bonchev–Trinajstić information content (AvgIpc) is 3.64. The number of aromatic amines is 2. The van der Waals surface area contributed by atoms with Crippen molar-refractivity contribution < 1.29 is 19.0 Å². The van der Waals surface area contributed by atoms with Gasteiger partial charge in [0.15, 0.2) is 5.95 Å². The lowest BCUT2D eigenvalue weighted by Gasteiger charge is -2.12. The molecule has 0 atom stereocenters. The van der Waals surface area contributed by atoms with Crippen LogP contribution in [0, 0.1) is 11.3 Å². The molecule has 0 aliphatic carbocycles. The molecule has 0 aliphatic rings. The monoisotopic (exact) mass is 527 g/mol. The second-order valence-electron chi connectivity index (χ2n) is 7.75. The van der Waals surface area contributed by atoms with Gasteiger partial charge in [-0.1, -0.05) is 0 Å². The Morgan fingerprint density at radius 1 is 0.974 bits per heavy atom. The van der Waals surface area contributed by atoms with Crippen molar-refractivity contribution in [2.24, 2.45) is 0 Å². The minimum absolute atomic E-state index is 0.326. The summed E-state index contributed by atoms with van der Waals surface area (Å²) in [4.78, 5) is 29.4. The topological polar surface area (TPSA) is 189 Å². The van der Waals surface area contributed by atoms with Gasteiger partial charge >= 0.3 is 6.03 Å². The van der Waals surface area contributed by atoms with Gasteiger partial charge in [-0.05, 0) is 36.4 Å². The molecule has 5 rings (SSSR count). The summed E-state index contributed by atoms with van der Waals surface area (Å²) in [7, 11) is 1.58. The molecule has 6 N–H and O–H groups in total. The molecule has 0 saturated heterocycles. The predicted octanol–water partition coefficient (Wildman–Crippen LogP) is 4.28. The Bertz CT molecular complexity index is 1530. The van der Waals surface area contributed by atoms with Gasteiger partial charge in [0.2, 0.25) is 5.95 Å². The van der Waals surface area contributed by atoms with Crippen molar-refractivity contribution >= 4 is 34.5 Å². The van der Waals surface area contributed by atoms with Gasteiger partial charge in [0, 0.05) is 55.2 Å². The summed E-state index contributed by atoms with van der Waals surface area (Å²) < 4.78 is 16.6. The summed E-state index contributed by atoms with van der Waals surface area (Å²) in [5.74, 6) is 2.35. The first-order valence-corrected chi connectivity index (χ1v) is 11.6. The number of nitrogens with two attached hydrogens (primary N) is 1. The summed E-state index contributed by atoms with van der Waals surface area (Å²) in [5.41, 5.74) is 6.70. The fraction of sp³-hybridized carbons (Fsp3) is 0.115. The number of urea groups is 1. The number of carbonyl (C=O) groups is 1. The predicted molar refractivity (Wildman–Crippen MR) is 145 cm³/mol. The maximum absolute atomic E-state index is 12.0. The van der Waals surface area contributed by atoms with E-state index in [-0.39, 0.29) is 0 Å². The van der Waals surface area contributed by atoms with Crippen molar-refractivity contribution in [1.82, 2.24) is 24.9 Å². The molecule has 0 fully saturated rings. The van der Waals surface area contributed by atoms with E-state index in [1.165, 1.54) is 0 Å². The standard InChI is InChI=1S/C23H20N6O4.C3H5N3/c1-31-10-11-32-21-13-19-18(12-15(21)14-24)20(6-7-25-19)33-17-4-2-16(3-5-17)28-23(30)29-22-26-8-9-27-22;4-3-5-1-2-6-3/h2-9,12-13H,10-11H2,1H3,(H3,26,27,28,29,30);1-2H,(H3,4,5,6). The van der Waals surface area contributed by atoms with Gasteiger partial charge in [-0.25, -0.2) is 14.8 Å². The molecule has 2 aromatic carbocycles. The van der Waals surface area contributed by atoms with Crippen molar-refractivity contribution in [2.75, 3.05) is 36.7 Å². The zero-order chi connectivity index (χ0) is 27.5. The molecule has 0 aliphatic heterocycles. The van der Waals surface area contributed by atoms with Crippen LogP contribution in [0.1, 0.15) is 5.56 Å². The first-order valence-electron chi connectivity index (χ1n) is 11.6. The van der Waals surface area contributed by atoms with E-state index in [9.17, 15) is 10.1 Å². The molecule has 3 heterocycles. The maximum Gasteiger partial charge on any atom is 0.326 e. The second kappa shape index (κ2) is 13.1. The number of imidazole rings is 2. The number of aromatic nitrogens is 5. The molecule has 5 aromatic rings. The minimum Gasteiger partial charge on any atom is -0.490 e. The lowest BCUT2D eigenvalue weighted by molar-refractivity contribution is 0.146. The first kappa shape index (κ1) is 26.5. The summed E-state index contributed by atoms with van der Waals surface area (Å²) in [6.07, 6.45) is 8.06. The highest BCUT2D eigenvalue weighted by Gasteiger charge is 2.12. The van der Waals surface area contributed by atoms with Crippen LogP contribution in [0.5, 0.6) is 17.2 Å². The fourth-order valence-corrected chi connectivity index (χ4v) is 3.29. The number of nitrogen functional groups attached to an aromatic ring is 1. The third-order valence-corrected chi connectivity index (χ3v) is 5.06. The van der Waals surface area contributed by atoms with Crippen LogP contribution >= 0.6 is 0 Å². The van der Waals surface area contributed by atoms with Crippen LogP contribution in [0.2, 0.25) is 0 Å². The Balaban J connectivity index is 0.000000519. The van der Waals surface area contributed by atoms with Crippen LogP contribution in [0.3, 0.4) is 0 Å². The van der Waals surface area contributed by atoms with Gasteiger partial charge in [-0.3, -0.25) is 10.3 Å². The van der Waals surface area contributed by atoms with E-state index >= 15 is 0 Å². The Labute approximate surface area is 223 Å². The number of benzene rings is 2. The van der Waals surface area contributed by atoms with Gasteiger partial charge in [0.05, 0.1) is 17.7 Å². The Morgan fingerprint density at radius 3 is 2.41 bits per heavy atom. The van der Waals surface area contributed by atoms with E-state index in [0.717, 1.165) is 0 Å². The molecule has 198 valence electrons. The van der Waals surface area contributed by atoms with Crippen LogP contribution in [-0.2, 0) is 4.74 Å². The molecule has 0 bridgehead atoms. The lowest BCUT2D eigenvalue weighted by Crippen LogP contribution is -2.20. The molecular formula is C26H25N9O4. The molecule has 0 unspecified atom stereocenters. The number of anilines is 3. The Morgan fingerprint density at radius 2 is 1.77 bits per heavy atom. The van der Waals surface area contributed by atoms with E-state index in [1.807, 2.05) is 0 Å². The number of H-pyrrole nitrogens is 2. The number of amides is 2. The molecule has 39 heavy (non-hydrogen) atoms. The minimum atomic E-state index is -0.425. The quantitative estimate of drug-likeness (QED) is 0.183. The second-order valence-corrected chi connectivity index (χ2v) is 7.75. The highest BCUT2D eigenvalue weighted by molar-refractivity contribution is 5.98. The van der Waals surface area contributed by atoms with E-state index in [0.29, 0.717) is 64.5 Å². The van der Waals surface area contributed by atoms with Crippen LogP contribution < -0.4 is 25.8 Å². The number of fused-ring (bicyclic) bond motifs is 1. The van der Waals surface area contributed by atoms with Crippen molar-refractivity contribution in [2.45, 2.75) is 0 Å². The van der Waals surface area contributed by atoms with Crippen LogP contribution in [0.25, 0.3) is 10.9 Å². The van der Waals surface area contributed by atoms with Crippen LogP contribution in [-0.4, -0.2) is 51.3 Å². The third-order valence-electron chi connectivity index (χ3n) is 5.06. The molecule has 0 saturated carbocycles. The fourth-order valence-electron chi connectivity index (χ4n) is 3.29. The van der Waals surface area contributed by atoms with Crippen molar-refractivity contribution in [3.63, 3.8) is 0 Å². The molecule has 0 radical (unpaired) electrons. The summed E-state index contributed by atoms with van der Waals surface area (Å²) in [6, 6.07) is 13.7. The molecule has 13 nitrogen and oxygen atoms in total. The van der Waals surface area contributed by atoms with E-state index < -0.39 is 6.03 Å². The first-order chi connectivity index (χ1) is 19.1. The number of carbonyl (C=O) groups excluding carboxylic acids is 1. The molecule has 13 heteroatoms. The number of hydrogen-bond donors (Lipinski definition) is 5. The SMILES string of the molecule is COCCOc1cc2nccc(Oc3ccc(NC(=O)Nc4ncc[nH]4)cc3)c2cc1C#N.Nc1ncc[nH]1. The molecule has 3 aromatic heterocycles. The van der Waals surface area contributed by atoms with Crippen LogP contribution in [0.4, 0.5) is 22.4 Å². The number of nitrogens with one attached hydrogen (secondary N) is 4. The third kappa shape index (κ3) is 7.44. The lowest BCUT2D eigenvalue weighted by atomic mass is 10.1. The molecular weight excluding hydrogens is 502 g/mol. The highest BCUT2D eigenvalue weighted by Crippen LogP contribution is 2.33. The van der Waals surface area contributed by atoms with E-state index in [4.69, 9.17) is 19.9 Å². The number of hydrogen-bond acceptors (Lipinski definition) is 9. The van der Waals surface area contributed by atoms with Crippen molar-refractivity contribution in [1.29, 1.82) is 5.26 Å². The Kier molecular flexibility index (Phi) is 8.87. The van der Waals surface area contributed by atoms with Crippen LogP contribution in [0.15, 0.2) is 73.4 Å². The average molecular weight is 528 g/mol. The van der Waals surface area contributed by atoms with E-state index in [2.05, 4.69) is 41.6 Å². The molecule has 2 amide bonds. The number of nitrogens with zero attached hydrogens (tertiary/aromatic N) is 4. The zero-order valence-electron chi connectivity index (χ0n) is 20.8. The Hall–Kier alpha value is -5.61. The van der Waals surface area contributed by atoms with Gasteiger partial charge in [-0.2, -0.15) is 5.26 Å². The number of ether oxygens (including phenoxy) is 3. The zero-order valence-corrected chi connectivity index (χ0v) is 20.8. The van der Waals surface area contributed by atoms with Gasteiger partial charge < -0.3 is 35.2 Å². The smallest absolute Gasteiger partial charge is 0.326 e. The summed E-state index contributed by atoms with van der Waals surface area (Å²) in [6.45, 7) is 0.738. The summed E-state index contributed by atoms with van der Waals surface area (Å²) >= 11 is 0. The number of nitriles is 1. The largest absolute Gasteiger partial charge is 0.490 e. The maximum atomic E-state index is 12.0. The summed E-state index contributed by atoms with van der Waals surface area (Å²) in [5, 5.41) is 15.5. The number of methoxy groups -OCH3 is 1.